The van der Waals surface area contributed by atoms with E-state index >= 15 is 0 Å². The molecule has 1 unspecified atom stereocenters. The zero-order valence-corrected chi connectivity index (χ0v) is 10.1. The van der Waals surface area contributed by atoms with Gasteiger partial charge in [0.2, 0.25) is 0 Å². The predicted octanol–water partition coefficient (Wildman–Crippen LogP) is -0.962. The third-order valence-electron chi connectivity index (χ3n) is 2.77. The number of esters is 1. The molecule has 1 rings (SSSR count). The van der Waals surface area contributed by atoms with Crippen LogP contribution in [0.4, 0.5) is 0 Å². The Hall–Kier alpha value is -2.10. The van der Waals surface area contributed by atoms with Gasteiger partial charge in [-0.2, -0.15) is 5.26 Å². The molecule has 1 N–H and O–H groups in total. The molecule has 7 nitrogen and oxygen atoms in total. The van der Waals surface area contributed by atoms with Gasteiger partial charge in [0.05, 0.1) is 19.1 Å². The van der Waals surface area contributed by atoms with Crippen molar-refractivity contribution in [1.82, 2.24) is 10.2 Å². The monoisotopic (exact) mass is 253 g/mol. The summed E-state index contributed by atoms with van der Waals surface area (Å²) in [7, 11) is 1.29. The molecule has 0 saturated carbocycles. The summed E-state index contributed by atoms with van der Waals surface area (Å²) in [6.07, 6.45) is 1.30. The molecule has 0 spiro atoms. The van der Waals surface area contributed by atoms with Gasteiger partial charge >= 0.3 is 17.8 Å². The predicted molar refractivity (Wildman–Crippen MR) is 59.9 cm³/mol. The van der Waals surface area contributed by atoms with Crippen LogP contribution in [0, 0.1) is 17.2 Å². The minimum atomic E-state index is -0.818. The number of nitrogens with one attached hydrogen (secondary N) is 1. The normalized spacial score (nSPS) is 18.7. The van der Waals surface area contributed by atoms with Crippen LogP contribution in [0.5, 0.6) is 0 Å². The zero-order valence-electron chi connectivity index (χ0n) is 10.1. The fourth-order valence-corrected chi connectivity index (χ4v) is 1.86. The first-order valence-electron chi connectivity index (χ1n) is 5.62. The summed E-state index contributed by atoms with van der Waals surface area (Å²) in [5.74, 6) is -2.28. The Morgan fingerprint density at radius 3 is 2.83 bits per heavy atom. The fraction of sp³-hybridized carbons (Fsp3) is 0.636. The van der Waals surface area contributed by atoms with Crippen molar-refractivity contribution in [2.75, 3.05) is 26.7 Å². The van der Waals surface area contributed by atoms with E-state index in [1.807, 2.05) is 0 Å². The molecule has 0 aliphatic carbocycles. The van der Waals surface area contributed by atoms with Gasteiger partial charge in [0.15, 0.2) is 0 Å². The van der Waals surface area contributed by atoms with Crippen LogP contribution in [-0.2, 0) is 19.1 Å². The number of rotatable bonds is 2. The number of piperidine rings is 1. The highest BCUT2D eigenvalue weighted by Crippen LogP contribution is 2.17. The Bertz CT molecular complexity index is 388. The second-order valence-corrected chi connectivity index (χ2v) is 3.95. The Balaban J connectivity index is 2.56. The van der Waals surface area contributed by atoms with Crippen LogP contribution in [0.3, 0.4) is 0 Å². The molecule has 1 fully saturated rings. The van der Waals surface area contributed by atoms with Crippen molar-refractivity contribution < 1.29 is 19.1 Å². The number of nitrogens with zero attached hydrogens (tertiary/aromatic N) is 2. The van der Waals surface area contributed by atoms with E-state index in [-0.39, 0.29) is 25.0 Å². The van der Waals surface area contributed by atoms with Crippen molar-refractivity contribution in [3.05, 3.63) is 0 Å². The molecule has 0 aromatic carbocycles. The number of carbonyl (C=O) groups is 3. The molecular weight excluding hydrogens is 238 g/mol. The van der Waals surface area contributed by atoms with Gasteiger partial charge in [-0.3, -0.25) is 14.4 Å². The minimum absolute atomic E-state index is 0.186. The maximum atomic E-state index is 11.7. The first-order chi connectivity index (χ1) is 8.60. The van der Waals surface area contributed by atoms with Crippen LogP contribution in [-0.4, -0.2) is 49.4 Å². The van der Waals surface area contributed by atoms with Crippen molar-refractivity contribution >= 4 is 17.8 Å². The summed E-state index contributed by atoms with van der Waals surface area (Å²) >= 11 is 0. The van der Waals surface area contributed by atoms with Gasteiger partial charge in [-0.15, -0.1) is 0 Å². The molecule has 7 heteroatoms. The number of ether oxygens (including phenoxy) is 1. The summed E-state index contributed by atoms with van der Waals surface area (Å²) in [5, 5.41) is 10.5. The summed E-state index contributed by atoms with van der Waals surface area (Å²) in [5.41, 5.74) is 0. The van der Waals surface area contributed by atoms with Gasteiger partial charge in [-0.1, -0.05) is 0 Å². The van der Waals surface area contributed by atoms with Crippen LogP contribution in [0.15, 0.2) is 0 Å². The van der Waals surface area contributed by atoms with Crippen LogP contribution < -0.4 is 5.32 Å². The number of methoxy groups -OCH3 is 1. The maximum absolute atomic E-state index is 11.7. The number of nitriles is 1. The molecular formula is C11H15N3O4. The van der Waals surface area contributed by atoms with Crippen molar-refractivity contribution in [3.8, 4) is 6.07 Å². The van der Waals surface area contributed by atoms with Gasteiger partial charge in [0.1, 0.15) is 6.54 Å². The Morgan fingerprint density at radius 2 is 2.22 bits per heavy atom. The zero-order chi connectivity index (χ0) is 13.5. The lowest BCUT2D eigenvalue weighted by atomic mass is 9.98. The van der Waals surface area contributed by atoms with Gasteiger partial charge in [-0.05, 0) is 12.8 Å². The molecule has 1 saturated heterocycles. The molecule has 1 heterocycles. The molecule has 0 bridgehead atoms. The summed E-state index contributed by atoms with van der Waals surface area (Å²) in [6, 6.07) is 1.72. The van der Waals surface area contributed by atoms with Gasteiger partial charge in [0.25, 0.3) is 0 Å². The van der Waals surface area contributed by atoms with Crippen LogP contribution in [0.25, 0.3) is 0 Å². The summed E-state index contributed by atoms with van der Waals surface area (Å²) in [4.78, 5) is 35.8. The van der Waals surface area contributed by atoms with Crippen molar-refractivity contribution in [3.63, 3.8) is 0 Å². The molecule has 0 aromatic heterocycles. The average molecular weight is 253 g/mol. The highest BCUT2D eigenvalue weighted by atomic mass is 16.5. The second-order valence-electron chi connectivity index (χ2n) is 3.95. The highest BCUT2D eigenvalue weighted by Gasteiger charge is 2.31. The molecule has 2 amide bonds. The van der Waals surface area contributed by atoms with Crippen molar-refractivity contribution in [1.29, 1.82) is 5.26 Å². The lowest BCUT2D eigenvalue weighted by Gasteiger charge is -2.30. The van der Waals surface area contributed by atoms with E-state index in [1.54, 1.807) is 6.07 Å². The molecule has 0 aromatic rings. The number of hydrogen-bond donors (Lipinski definition) is 1. The van der Waals surface area contributed by atoms with E-state index in [4.69, 9.17) is 5.26 Å². The third kappa shape index (κ3) is 3.45. The SMILES string of the molecule is COC(=O)C1CCCN(C(=O)C(=O)NCC#N)C1. The van der Waals surface area contributed by atoms with Crippen LogP contribution >= 0.6 is 0 Å². The van der Waals surface area contributed by atoms with Crippen LogP contribution in [0.2, 0.25) is 0 Å². The smallest absolute Gasteiger partial charge is 0.311 e. The van der Waals surface area contributed by atoms with E-state index in [2.05, 4.69) is 10.1 Å². The summed E-state index contributed by atoms with van der Waals surface area (Å²) < 4.78 is 4.62. The number of hydrogen-bond acceptors (Lipinski definition) is 5. The lowest BCUT2D eigenvalue weighted by Crippen LogP contribution is -2.48. The van der Waals surface area contributed by atoms with E-state index in [0.29, 0.717) is 19.4 Å². The Kier molecular flexibility index (Phi) is 5.11. The molecule has 1 atom stereocenters. The second kappa shape index (κ2) is 6.59. The molecule has 98 valence electrons. The first kappa shape index (κ1) is 14.0. The number of carbonyl (C=O) groups excluding carboxylic acids is 3. The average Bonchev–Trinajstić information content (AvgIpc) is 2.43. The molecule has 18 heavy (non-hydrogen) atoms. The van der Waals surface area contributed by atoms with Gasteiger partial charge in [0, 0.05) is 13.1 Å². The van der Waals surface area contributed by atoms with Crippen molar-refractivity contribution in [2.24, 2.45) is 5.92 Å². The largest absolute Gasteiger partial charge is 0.469 e. The van der Waals surface area contributed by atoms with E-state index < -0.39 is 11.8 Å². The van der Waals surface area contributed by atoms with E-state index in [1.165, 1.54) is 12.0 Å². The molecule has 1 aliphatic rings. The minimum Gasteiger partial charge on any atom is -0.469 e. The third-order valence-corrected chi connectivity index (χ3v) is 2.77. The molecule has 1 aliphatic heterocycles. The highest BCUT2D eigenvalue weighted by molar-refractivity contribution is 6.35. The fourth-order valence-electron chi connectivity index (χ4n) is 1.86. The number of amides is 2. The topological polar surface area (TPSA) is 99.5 Å². The Labute approximate surface area is 105 Å². The Morgan fingerprint density at radius 1 is 1.50 bits per heavy atom. The van der Waals surface area contributed by atoms with Crippen molar-refractivity contribution in [2.45, 2.75) is 12.8 Å². The maximum Gasteiger partial charge on any atom is 0.311 e. The summed E-state index contributed by atoms with van der Waals surface area (Å²) in [6.45, 7) is 0.413. The van der Waals surface area contributed by atoms with Crippen LogP contribution in [0.1, 0.15) is 12.8 Å². The quantitative estimate of drug-likeness (QED) is 0.388. The standard InChI is InChI=1S/C11H15N3O4/c1-18-11(17)8-3-2-6-14(7-8)10(16)9(15)13-5-4-12/h8H,2-3,5-7H2,1H3,(H,13,15). The molecule has 0 radical (unpaired) electrons. The van der Waals surface area contributed by atoms with Gasteiger partial charge < -0.3 is 15.0 Å². The van der Waals surface area contributed by atoms with Gasteiger partial charge in [-0.25, -0.2) is 0 Å². The van der Waals surface area contributed by atoms with E-state index in [0.717, 1.165) is 0 Å². The number of likely N-dealkylation sites (tertiary alicyclic amines) is 1. The van der Waals surface area contributed by atoms with E-state index in [9.17, 15) is 14.4 Å². The first-order valence-corrected chi connectivity index (χ1v) is 5.62. The lowest BCUT2D eigenvalue weighted by molar-refractivity contribution is -0.152.